The van der Waals surface area contributed by atoms with E-state index in [1.807, 2.05) is 32.0 Å². The standard InChI is InChI=1S/C19H28N2O/c1-15-7-6-8-16(2)17(15)18(22)21-13-10-19(11-14-21)9-4-3-5-12-20-19/h6-8,20H,3-5,9-14H2,1-2H3. The van der Waals surface area contributed by atoms with Crippen molar-refractivity contribution in [3.8, 4) is 0 Å². The van der Waals surface area contributed by atoms with Crippen LogP contribution >= 0.6 is 0 Å². The highest BCUT2D eigenvalue weighted by atomic mass is 16.2. The third-order valence-corrected chi connectivity index (χ3v) is 5.53. The van der Waals surface area contributed by atoms with Crippen LogP contribution in [0, 0.1) is 13.8 Å². The zero-order valence-electron chi connectivity index (χ0n) is 14.0. The van der Waals surface area contributed by atoms with E-state index in [0.717, 1.165) is 49.2 Å². The zero-order chi connectivity index (χ0) is 15.6. The Labute approximate surface area is 134 Å². The van der Waals surface area contributed by atoms with Crippen LogP contribution in [0.5, 0.6) is 0 Å². The number of nitrogens with zero attached hydrogens (tertiary/aromatic N) is 1. The molecule has 3 heteroatoms. The Hall–Kier alpha value is -1.35. The summed E-state index contributed by atoms with van der Waals surface area (Å²) in [5, 5.41) is 3.78. The molecule has 0 bridgehead atoms. The average Bonchev–Trinajstić information content (AvgIpc) is 2.73. The lowest BCUT2D eigenvalue weighted by Crippen LogP contribution is -2.54. The van der Waals surface area contributed by atoms with Gasteiger partial charge in [0.1, 0.15) is 0 Å². The largest absolute Gasteiger partial charge is 0.338 e. The molecule has 0 saturated carbocycles. The summed E-state index contributed by atoms with van der Waals surface area (Å²) in [5.74, 6) is 0.221. The molecule has 3 nitrogen and oxygen atoms in total. The minimum atomic E-state index is 0.221. The van der Waals surface area contributed by atoms with Gasteiger partial charge in [0.2, 0.25) is 0 Å². The summed E-state index contributed by atoms with van der Waals surface area (Å²) < 4.78 is 0. The number of likely N-dealkylation sites (tertiary alicyclic amines) is 1. The van der Waals surface area contributed by atoms with Crippen molar-refractivity contribution in [2.45, 2.75) is 57.9 Å². The lowest BCUT2D eigenvalue weighted by molar-refractivity contribution is 0.0635. The molecule has 3 rings (SSSR count). The Bertz CT molecular complexity index is 514. The molecule has 1 spiro atoms. The van der Waals surface area contributed by atoms with Crippen molar-refractivity contribution in [2.75, 3.05) is 19.6 Å². The van der Waals surface area contributed by atoms with Crippen LogP contribution in [0.15, 0.2) is 18.2 Å². The van der Waals surface area contributed by atoms with Gasteiger partial charge in [-0.2, -0.15) is 0 Å². The quantitative estimate of drug-likeness (QED) is 0.861. The molecular formula is C19H28N2O. The van der Waals surface area contributed by atoms with Crippen molar-refractivity contribution in [3.63, 3.8) is 0 Å². The van der Waals surface area contributed by atoms with E-state index in [1.54, 1.807) is 0 Å². The van der Waals surface area contributed by atoms with Crippen molar-refractivity contribution < 1.29 is 4.79 Å². The van der Waals surface area contributed by atoms with Gasteiger partial charge in [0.25, 0.3) is 5.91 Å². The van der Waals surface area contributed by atoms with E-state index in [1.165, 1.54) is 25.7 Å². The Kier molecular flexibility index (Phi) is 4.53. The van der Waals surface area contributed by atoms with Crippen molar-refractivity contribution in [3.05, 3.63) is 34.9 Å². The van der Waals surface area contributed by atoms with Crippen molar-refractivity contribution in [1.29, 1.82) is 0 Å². The molecule has 2 fully saturated rings. The van der Waals surface area contributed by atoms with E-state index in [4.69, 9.17) is 0 Å². The minimum absolute atomic E-state index is 0.221. The predicted molar refractivity (Wildman–Crippen MR) is 90.3 cm³/mol. The van der Waals surface area contributed by atoms with Crippen molar-refractivity contribution in [2.24, 2.45) is 0 Å². The molecule has 1 aromatic rings. The van der Waals surface area contributed by atoms with Gasteiger partial charge in [0.05, 0.1) is 0 Å². The highest BCUT2D eigenvalue weighted by Gasteiger charge is 2.36. The van der Waals surface area contributed by atoms with Gasteiger partial charge in [-0.15, -0.1) is 0 Å². The first-order valence-corrected chi connectivity index (χ1v) is 8.72. The second-order valence-corrected chi connectivity index (χ2v) is 7.08. The Morgan fingerprint density at radius 3 is 2.41 bits per heavy atom. The Morgan fingerprint density at radius 1 is 1.05 bits per heavy atom. The number of aryl methyl sites for hydroxylation is 2. The number of benzene rings is 1. The lowest BCUT2D eigenvalue weighted by Gasteiger charge is -2.42. The third kappa shape index (κ3) is 3.05. The van der Waals surface area contributed by atoms with Crippen molar-refractivity contribution >= 4 is 5.91 Å². The van der Waals surface area contributed by atoms with Gasteiger partial charge in [-0.25, -0.2) is 0 Å². The highest BCUT2D eigenvalue weighted by Crippen LogP contribution is 2.31. The van der Waals surface area contributed by atoms with E-state index < -0.39 is 0 Å². The summed E-state index contributed by atoms with van der Waals surface area (Å²) in [6.45, 7) is 7.00. The fourth-order valence-electron chi connectivity index (χ4n) is 4.08. The second kappa shape index (κ2) is 6.41. The highest BCUT2D eigenvalue weighted by molar-refractivity contribution is 5.97. The lowest BCUT2D eigenvalue weighted by atomic mass is 9.83. The molecule has 1 amide bonds. The first kappa shape index (κ1) is 15.5. The van der Waals surface area contributed by atoms with Gasteiger partial charge in [0.15, 0.2) is 0 Å². The van der Waals surface area contributed by atoms with E-state index in [9.17, 15) is 4.79 Å². The van der Waals surface area contributed by atoms with Crippen LogP contribution in [0.2, 0.25) is 0 Å². The van der Waals surface area contributed by atoms with Crippen molar-refractivity contribution in [1.82, 2.24) is 10.2 Å². The summed E-state index contributed by atoms with van der Waals surface area (Å²) in [4.78, 5) is 14.9. The number of carbonyl (C=O) groups is 1. The van der Waals surface area contributed by atoms with Crippen LogP contribution in [0.4, 0.5) is 0 Å². The van der Waals surface area contributed by atoms with Crippen LogP contribution in [-0.4, -0.2) is 36.0 Å². The van der Waals surface area contributed by atoms with Gasteiger partial charge in [0, 0.05) is 24.2 Å². The van der Waals surface area contributed by atoms with Gasteiger partial charge in [-0.1, -0.05) is 31.0 Å². The SMILES string of the molecule is Cc1cccc(C)c1C(=O)N1CCC2(CCCCCN2)CC1. The van der Waals surface area contributed by atoms with Crippen LogP contribution in [-0.2, 0) is 0 Å². The number of hydrogen-bond donors (Lipinski definition) is 1. The number of piperidine rings is 1. The van der Waals surface area contributed by atoms with Crippen LogP contribution in [0.1, 0.15) is 60.0 Å². The third-order valence-electron chi connectivity index (χ3n) is 5.53. The summed E-state index contributed by atoms with van der Waals surface area (Å²) in [5.41, 5.74) is 3.40. The Balaban J connectivity index is 1.69. The molecule has 120 valence electrons. The molecule has 0 aromatic heterocycles. The van der Waals surface area contributed by atoms with Gasteiger partial charge < -0.3 is 10.2 Å². The van der Waals surface area contributed by atoms with E-state index in [-0.39, 0.29) is 5.91 Å². The molecular weight excluding hydrogens is 272 g/mol. The van der Waals surface area contributed by atoms with E-state index in [0.29, 0.717) is 5.54 Å². The molecule has 2 heterocycles. The topological polar surface area (TPSA) is 32.3 Å². The molecule has 1 N–H and O–H groups in total. The number of rotatable bonds is 1. The van der Waals surface area contributed by atoms with Gasteiger partial charge >= 0.3 is 0 Å². The van der Waals surface area contributed by atoms with E-state index in [2.05, 4.69) is 10.2 Å². The number of nitrogens with one attached hydrogen (secondary N) is 1. The normalized spacial score (nSPS) is 21.6. The monoisotopic (exact) mass is 300 g/mol. The molecule has 0 atom stereocenters. The smallest absolute Gasteiger partial charge is 0.254 e. The number of hydrogen-bond acceptors (Lipinski definition) is 2. The molecule has 0 radical (unpaired) electrons. The molecule has 2 saturated heterocycles. The number of carbonyl (C=O) groups excluding carboxylic acids is 1. The molecule has 0 aliphatic carbocycles. The van der Waals surface area contributed by atoms with E-state index >= 15 is 0 Å². The van der Waals surface area contributed by atoms with Crippen LogP contribution in [0.3, 0.4) is 0 Å². The summed E-state index contributed by atoms with van der Waals surface area (Å²) in [6.07, 6.45) is 7.45. The molecule has 2 aliphatic rings. The first-order chi connectivity index (χ1) is 10.6. The zero-order valence-corrected chi connectivity index (χ0v) is 14.0. The maximum absolute atomic E-state index is 12.9. The minimum Gasteiger partial charge on any atom is -0.338 e. The summed E-state index contributed by atoms with van der Waals surface area (Å²) in [7, 11) is 0. The number of amides is 1. The molecule has 22 heavy (non-hydrogen) atoms. The Morgan fingerprint density at radius 2 is 1.73 bits per heavy atom. The average molecular weight is 300 g/mol. The molecule has 1 aromatic carbocycles. The summed E-state index contributed by atoms with van der Waals surface area (Å²) in [6, 6.07) is 6.11. The maximum atomic E-state index is 12.9. The fraction of sp³-hybridized carbons (Fsp3) is 0.632. The fourth-order valence-corrected chi connectivity index (χ4v) is 4.08. The van der Waals surface area contributed by atoms with Gasteiger partial charge in [-0.3, -0.25) is 4.79 Å². The maximum Gasteiger partial charge on any atom is 0.254 e. The predicted octanol–water partition coefficient (Wildman–Crippen LogP) is 3.44. The molecule has 0 unspecified atom stereocenters. The second-order valence-electron chi connectivity index (χ2n) is 7.08. The first-order valence-electron chi connectivity index (χ1n) is 8.72. The molecule has 2 aliphatic heterocycles. The van der Waals surface area contributed by atoms with Gasteiger partial charge in [-0.05, 0) is 57.2 Å². The summed E-state index contributed by atoms with van der Waals surface area (Å²) >= 11 is 0. The van der Waals surface area contributed by atoms with Crippen LogP contribution in [0.25, 0.3) is 0 Å². The van der Waals surface area contributed by atoms with Crippen LogP contribution < -0.4 is 5.32 Å².